The lowest BCUT2D eigenvalue weighted by molar-refractivity contribution is -0.384. The molecule has 26 heavy (non-hydrogen) atoms. The monoisotopic (exact) mass is 380 g/mol. The average Bonchev–Trinajstić information content (AvgIpc) is 2.62. The maximum atomic E-state index is 14.1. The van der Waals surface area contributed by atoms with Crippen LogP contribution in [0, 0.1) is 15.9 Å². The predicted molar refractivity (Wildman–Crippen MR) is 91.3 cm³/mol. The van der Waals surface area contributed by atoms with Crippen LogP contribution in [-0.2, 0) is 16.1 Å². The van der Waals surface area contributed by atoms with Gasteiger partial charge in [-0.05, 0) is 23.8 Å². The number of carbonyl (C=O) groups excluding carboxylic acids is 2. The highest BCUT2D eigenvalue weighted by atomic mass is 35.5. The van der Waals surface area contributed by atoms with Gasteiger partial charge in [-0.25, -0.2) is 4.39 Å². The van der Waals surface area contributed by atoms with E-state index in [1.807, 2.05) is 0 Å². The molecule has 9 heteroatoms. The first-order valence-corrected chi connectivity index (χ1v) is 7.74. The molecule has 0 saturated carbocycles. The minimum Gasteiger partial charge on any atom is -0.468 e. The van der Waals surface area contributed by atoms with Crippen molar-refractivity contribution < 1.29 is 23.6 Å². The Morgan fingerprint density at radius 3 is 2.46 bits per heavy atom. The molecule has 0 aliphatic rings. The number of ether oxygens (including phenoxy) is 1. The van der Waals surface area contributed by atoms with Crippen molar-refractivity contribution in [3.63, 3.8) is 0 Å². The summed E-state index contributed by atoms with van der Waals surface area (Å²) in [7, 11) is 1.15. The minimum absolute atomic E-state index is 0.0345. The van der Waals surface area contributed by atoms with Gasteiger partial charge in [0.1, 0.15) is 12.4 Å². The molecule has 1 amide bonds. The van der Waals surface area contributed by atoms with Gasteiger partial charge in [-0.2, -0.15) is 0 Å². The molecule has 0 atom stereocenters. The highest BCUT2D eigenvalue weighted by Crippen LogP contribution is 2.20. The number of esters is 1. The van der Waals surface area contributed by atoms with E-state index in [1.165, 1.54) is 0 Å². The first-order chi connectivity index (χ1) is 12.3. The van der Waals surface area contributed by atoms with Crippen LogP contribution in [-0.4, -0.2) is 35.4 Å². The summed E-state index contributed by atoms with van der Waals surface area (Å²) in [5, 5.41) is 11.4. The van der Waals surface area contributed by atoms with E-state index in [0.29, 0.717) is 10.6 Å². The Morgan fingerprint density at radius 1 is 1.23 bits per heavy atom. The van der Waals surface area contributed by atoms with Crippen molar-refractivity contribution in [3.8, 4) is 0 Å². The molecule has 0 N–H and O–H groups in total. The molecule has 0 fully saturated rings. The molecule has 2 aromatic rings. The first-order valence-electron chi connectivity index (χ1n) is 7.36. The van der Waals surface area contributed by atoms with Gasteiger partial charge in [-0.1, -0.05) is 23.7 Å². The molecule has 0 aliphatic carbocycles. The van der Waals surface area contributed by atoms with E-state index in [-0.39, 0.29) is 6.54 Å². The standard InChI is InChI=1S/C17H14ClFN2O5/c1-26-16(22)10-20(9-11-2-4-12(18)5-3-11)17(23)14-8-13(21(24)25)6-7-15(14)19/h2-8H,9-10H2,1H3. The molecule has 0 aliphatic heterocycles. The molecular formula is C17H14ClFN2O5. The summed E-state index contributed by atoms with van der Waals surface area (Å²) in [4.78, 5) is 35.5. The van der Waals surface area contributed by atoms with Crippen molar-refractivity contribution in [2.75, 3.05) is 13.7 Å². The molecule has 0 heterocycles. The maximum Gasteiger partial charge on any atom is 0.325 e. The van der Waals surface area contributed by atoms with Crippen molar-refractivity contribution in [1.29, 1.82) is 0 Å². The lowest BCUT2D eigenvalue weighted by Gasteiger charge is -2.22. The zero-order valence-corrected chi connectivity index (χ0v) is 14.4. The molecular weight excluding hydrogens is 367 g/mol. The molecule has 0 aromatic heterocycles. The van der Waals surface area contributed by atoms with Gasteiger partial charge in [0, 0.05) is 23.7 Å². The van der Waals surface area contributed by atoms with Gasteiger partial charge < -0.3 is 9.64 Å². The summed E-state index contributed by atoms with van der Waals surface area (Å²) in [6.45, 7) is -0.479. The SMILES string of the molecule is COC(=O)CN(Cc1ccc(Cl)cc1)C(=O)c1cc([N+](=O)[O-])ccc1F. The zero-order chi connectivity index (χ0) is 19.3. The van der Waals surface area contributed by atoms with E-state index in [2.05, 4.69) is 4.74 Å². The molecule has 0 radical (unpaired) electrons. The summed E-state index contributed by atoms with van der Waals surface area (Å²) in [5.41, 5.74) is -0.297. The van der Waals surface area contributed by atoms with Crippen LogP contribution in [0.3, 0.4) is 0 Å². The third-order valence-electron chi connectivity index (χ3n) is 3.51. The Hall–Kier alpha value is -3.00. The molecule has 0 saturated heterocycles. The average molecular weight is 381 g/mol. The van der Waals surface area contributed by atoms with Crippen LogP contribution in [0.25, 0.3) is 0 Å². The molecule has 136 valence electrons. The quantitative estimate of drug-likeness (QED) is 0.436. The van der Waals surface area contributed by atoms with Gasteiger partial charge in [0.05, 0.1) is 17.6 Å². The number of hydrogen-bond acceptors (Lipinski definition) is 5. The number of halogens is 2. The number of methoxy groups -OCH3 is 1. The van der Waals surface area contributed by atoms with Gasteiger partial charge in [0.2, 0.25) is 0 Å². The molecule has 0 unspecified atom stereocenters. The largest absolute Gasteiger partial charge is 0.468 e. The lowest BCUT2D eigenvalue weighted by atomic mass is 10.1. The van der Waals surface area contributed by atoms with Crippen molar-refractivity contribution >= 4 is 29.2 Å². The lowest BCUT2D eigenvalue weighted by Crippen LogP contribution is -2.36. The number of hydrogen-bond donors (Lipinski definition) is 0. The second-order valence-electron chi connectivity index (χ2n) is 5.29. The van der Waals surface area contributed by atoms with Crippen molar-refractivity contribution in [2.24, 2.45) is 0 Å². The Balaban J connectivity index is 2.36. The van der Waals surface area contributed by atoms with E-state index in [9.17, 15) is 24.1 Å². The normalized spacial score (nSPS) is 10.3. The Labute approximate surface area is 153 Å². The minimum atomic E-state index is -0.924. The first kappa shape index (κ1) is 19.3. The van der Waals surface area contributed by atoms with Crippen LogP contribution >= 0.6 is 11.6 Å². The summed E-state index contributed by atoms with van der Waals surface area (Å²) >= 11 is 5.81. The number of nitrogens with zero attached hydrogens (tertiary/aromatic N) is 2. The Bertz CT molecular complexity index is 842. The molecule has 2 aromatic carbocycles. The van der Waals surface area contributed by atoms with Crippen molar-refractivity contribution in [1.82, 2.24) is 4.90 Å². The van der Waals surface area contributed by atoms with Crippen molar-refractivity contribution in [2.45, 2.75) is 6.54 Å². The van der Waals surface area contributed by atoms with E-state index in [4.69, 9.17) is 11.6 Å². The van der Waals surface area contributed by atoms with Gasteiger partial charge >= 0.3 is 5.97 Å². The van der Waals surface area contributed by atoms with E-state index in [1.54, 1.807) is 24.3 Å². The molecule has 2 rings (SSSR count). The van der Waals surface area contributed by atoms with Crippen LogP contribution in [0.4, 0.5) is 10.1 Å². The Kier molecular flexibility index (Phi) is 6.24. The van der Waals surface area contributed by atoms with Crippen LogP contribution in [0.15, 0.2) is 42.5 Å². The topological polar surface area (TPSA) is 89.8 Å². The predicted octanol–water partition coefficient (Wildman–Crippen LogP) is 3.20. The second-order valence-corrected chi connectivity index (χ2v) is 5.72. The van der Waals surface area contributed by atoms with E-state index < -0.39 is 40.4 Å². The smallest absolute Gasteiger partial charge is 0.325 e. The van der Waals surface area contributed by atoms with Gasteiger partial charge in [0.25, 0.3) is 11.6 Å². The summed E-state index contributed by atoms with van der Waals surface area (Å²) in [6.07, 6.45) is 0. The molecule has 7 nitrogen and oxygen atoms in total. The molecule has 0 spiro atoms. The number of benzene rings is 2. The van der Waals surface area contributed by atoms with Crippen LogP contribution in [0.5, 0.6) is 0 Å². The highest BCUT2D eigenvalue weighted by molar-refractivity contribution is 6.30. The fourth-order valence-corrected chi connectivity index (χ4v) is 2.32. The van der Waals surface area contributed by atoms with Crippen LogP contribution in [0.1, 0.15) is 15.9 Å². The van der Waals surface area contributed by atoms with E-state index >= 15 is 0 Å². The third-order valence-corrected chi connectivity index (χ3v) is 3.76. The number of carbonyl (C=O) groups is 2. The Morgan fingerprint density at radius 2 is 1.88 bits per heavy atom. The van der Waals surface area contributed by atoms with Gasteiger partial charge in [-0.15, -0.1) is 0 Å². The number of non-ortho nitro benzene ring substituents is 1. The summed E-state index contributed by atoms with van der Waals surface area (Å²) in [5.74, 6) is -2.50. The number of nitro benzene ring substituents is 1. The fourth-order valence-electron chi connectivity index (χ4n) is 2.19. The second kappa shape index (κ2) is 8.39. The molecule has 0 bridgehead atoms. The van der Waals surface area contributed by atoms with Crippen LogP contribution < -0.4 is 0 Å². The van der Waals surface area contributed by atoms with Crippen molar-refractivity contribution in [3.05, 3.63) is 74.5 Å². The van der Waals surface area contributed by atoms with E-state index in [0.717, 1.165) is 30.2 Å². The number of nitro groups is 1. The zero-order valence-electron chi connectivity index (χ0n) is 13.6. The van der Waals surface area contributed by atoms with Gasteiger partial charge in [0.15, 0.2) is 0 Å². The third kappa shape index (κ3) is 4.76. The number of rotatable bonds is 6. The number of amides is 1. The highest BCUT2D eigenvalue weighted by Gasteiger charge is 2.24. The summed E-state index contributed by atoms with van der Waals surface area (Å²) in [6, 6.07) is 9.12. The van der Waals surface area contributed by atoms with Crippen LogP contribution in [0.2, 0.25) is 5.02 Å². The maximum absolute atomic E-state index is 14.1. The summed E-state index contributed by atoms with van der Waals surface area (Å²) < 4.78 is 18.6. The van der Waals surface area contributed by atoms with Gasteiger partial charge in [-0.3, -0.25) is 19.7 Å². The fraction of sp³-hybridized carbons (Fsp3) is 0.176.